The molecule has 2 heterocycles. The van der Waals surface area contributed by atoms with E-state index in [1.54, 1.807) is 0 Å². The summed E-state index contributed by atoms with van der Waals surface area (Å²) in [5, 5.41) is 8.41. The number of hydrogen-bond donors (Lipinski definition) is 0. The second-order valence-corrected chi connectivity index (χ2v) is 6.25. The molecule has 4 nitrogen and oxygen atoms in total. The fourth-order valence-electron chi connectivity index (χ4n) is 3.07. The lowest BCUT2D eigenvalue weighted by Crippen LogP contribution is -2.11. The van der Waals surface area contributed by atoms with Gasteiger partial charge in [0.1, 0.15) is 6.10 Å². The highest BCUT2D eigenvalue weighted by Gasteiger charge is 2.22. The molecule has 1 fully saturated rings. The Morgan fingerprint density at radius 2 is 1.71 bits per heavy atom. The molecule has 4 heteroatoms. The summed E-state index contributed by atoms with van der Waals surface area (Å²) >= 11 is 0. The van der Waals surface area contributed by atoms with Crippen LogP contribution in [0.5, 0.6) is 0 Å². The van der Waals surface area contributed by atoms with Crippen LogP contribution in [-0.2, 0) is 4.74 Å². The summed E-state index contributed by atoms with van der Waals surface area (Å²) < 4.78 is 11.6. The van der Waals surface area contributed by atoms with Crippen LogP contribution < -0.4 is 0 Å². The van der Waals surface area contributed by atoms with Gasteiger partial charge in [-0.05, 0) is 49.4 Å². The van der Waals surface area contributed by atoms with E-state index in [2.05, 4.69) is 53.5 Å². The van der Waals surface area contributed by atoms with Crippen molar-refractivity contribution in [3.05, 3.63) is 60.0 Å². The Morgan fingerprint density at radius 3 is 2.50 bits per heavy atom. The summed E-state index contributed by atoms with van der Waals surface area (Å²) in [6, 6.07) is 16.7. The summed E-state index contributed by atoms with van der Waals surface area (Å²) in [7, 11) is 0. The van der Waals surface area contributed by atoms with Gasteiger partial charge < -0.3 is 9.15 Å². The van der Waals surface area contributed by atoms with Crippen molar-refractivity contribution in [3.63, 3.8) is 0 Å². The van der Waals surface area contributed by atoms with E-state index in [0.717, 1.165) is 37.0 Å². The molecule has 1 unspecified atom stereocenters. The third-order valence-electron chi connectivity index (χ3n) is 4.36. The average molecular weight is 320 g/mol. The zero-order valence-corrected chi connectivity index (χ0v) is 13.7. The maximum Gasteiger partial charge on any atom is 0.247 e. The number of aromatic nitrogens is 2. The highest BCUT2D eigenvalue weighted by Crippen LogP contribution is 2.30. The van der Waals surface area contributed by atoms with Gasteiger partial charge in [-0.15, -0.1) is 10.2 Å². The Morgan fingerprint density at radius 1 is 0.917 bits per heavy atom. The summed E-state index contributed by atoms with van der Waals surface area (Å²) in [6.07, 6.45) is 3.15. The Balaban J connectivity index is 1.63. The van der Waals surface area contributed by atoms with Gasteiger partial charge in [-0.3, -0.25) is 0 Å². The molecule has 3 aromatic rings. The molecule has 1 saturated heterocycles. The third-order valence-corrected chi connectivity index (χ3v) is 4.36. The highest BCUT2D eigenvalue weighted by atomic mass is 16.5. The summed E-state index contributed by atoms with van der Waals surface area (Å²) in [4.78, 5) is 0. The van der Waals surface area contributed by atoms with Gasteiger partial charge in [-0.2, -0.15) is 0 Å². The average Bonchev–Trinajstić information content (AvgIpc) is 3.13. The fraction of sp³-hybridized carbons (Fsp3) is 0.300. The third kappa shape index (κ3) is 3.10. The van der Waals surface area contributed by atoms with Crippen LogP contribution in [0.3, 0.4) is 0 Å². The highest BCUT2D eigenvalue weighted by molar-refractivity contribution is 5.70. The monoisotopic (exact) mass is 320 g/mol. The molecule has 24 heavy (non-hydrogen) atoms. The molecule has 1 aromatic heterocycles. The van der Waals surface area contributed by atoms with E-state index in [1.165, 1.54) is 11.1 Å². The van der Waals surface area contributed by atoms with Crippen molar-refractivity contribution in [3.8, 4) is 22.6 Å². The molecule has 0 aliphatic carbocycles. The zero-order chi connectivity index (χ0) is 16.4. The largest absolute Gasteiger partial charge is 0.418 e. The molecule has 1 atom stereocenters. The van der Waals surface area contributed by atoms with Crippen LogP contribution in [0.25, 0.3) is 22.6 Å². The van der Waals surface area contributed by atoms with Crippen molar-refractivity contribution in [2.45, 2.75) is 32.3 Å². The molecule has 1 aliphatic heterocycles. The van der Waals surface area contributed by atoms with Crippen molar-refractivity contribution >= 4 is 0 Å². The van der Waals surface area contributed by atoms with Gasteiger partial charge in [0.25, 0.3) is 0 Å². The zero-order valence-electron chi connectivity index (χ0n) is 13.7. The van der Waals surface area contributed by atoms with E-state index in [-0.39, 0.29) is 6.10 Å². The molecule has 0 saturated carbocycles. The lowest BCUT2D eigenvalue weighted by molar-refractivity contribution is -0.00126. The first-order valence-electron chi connectivity index (χ1n) is 8.42. The van der Waals surface area contributed by atoms with Crippen LogP contribution in [0.2, 0.25) is 0 Å². The van der Waals surface area contributed by atoms with Gasteiger partial charge in [0, 0.05) is 12.2 Å². The molecular formula is C20H20N2O2. The number of ether oxygens (including phenoxy) is 1. The molecule has 0 spiro atoms. The Hall–Kier alpha value is -2.46. The van der Waals surface area contributed by atoms with Gasteiger partial charge in [-0.25, -0.2) is 0 Å². The van der Waals surface area contributed by atoms with Crippen LogP contribution in [-0.4, -0.2) is 16.8 Å². The Kier molecular flexibility index (Phi) is 4.13. The predicted molar refractivity (Wildman–Crippen MR) is 92.5 cm³/mol. The van der Waals surface area contributed by atoms with E-state index in [0.29, 0.717) is 11.8 Å². The minimum absolute atomic E-state index is 0.0556. The van der Waals surface area contributed by atoms with E-state index < -0.39 is 0 Å². The number of hydrogen-bond acceptors (Lipinski definition) is 4. The van der Waals surface area contributed by atoms with Crippen molar-refractivity contribution in [2.24, 2.45) is 0 Å². The van der Waals surface area contributed by atoms with Crippen LogP contribution in [0.4, 0.5) is 0 Å². The number of aryl methyl sites for hydroxylation is 1. The SMILES string of the molecule is Cc1cccc(-c2cccc(-c3nnc(C4CCCCO4)o3)c2)c1. The maximum absolute atomic E-state index is 5.88. The van der Waals surface area contributed by atoms with Gasteiger partial charge >= 0.3 is 0 Å². The normalized spacial score (nSPS) is 17.8. The lowest BCUT2D eigenvalue weighted by Gasteiger charge is -2.18. The number of nitrogens with zero attached hydrogens (tertiary/aromatic N) is 2. The Labute approximate surface area is 141 Å². The topological polar surface area (TPSA) is 48.2 Å². The molecule has 2 aromatic carbocycles. The molecule has 0 N–H and O–H groups in total. The standard InChI is InChI=1S/C20H20N2O2/c1-14-6-4-7-15(12-14)16-8-5-9-17(13-16)19-21-22-20(24-19)18-10-2-3-11-23-18/h4-9,12-13,18H,2-3,10-11H2,1H3. The minimum Gasteiger partial charge on any atom is -0.418 e. The summed E-state index contributed by atoms with van der Waals surface area (Å²) in [6.45, 7) is 2.87. The molecule has 1 aliphatic rings. The van der Waals surface area contributed by atoms with Crippen molar-refractivity contribution in [2.75, 3.05) is 6.61 Å². The van der Waals surface area contributed by atoms with Crippen LogP contribution >= 0.6 is 0 Å². The van der Waals surface area contributed by atoms with Gasteiger partial charge in [-0.1, -0.05) is 42.0 Å². The Bertz CT molecular complexity index is 835. The maximum atomic E-state index is 5.88. The van der Waals surface area contributed by atoms with Gasteiger partial charge in [0.15, 0.2) is 0 Å². The van der Waals surface area contributed by atoms with Crippen LogP contribution in [0, 0.1) is 6.92 Å². The second kappa shape index (κ2) is 6.57. The van der Waals surface area contributed by atoms with E-state index in [4.69, 9.17) is 9.15 Å². The van der Waals surface area contributed by atoms with E-state index in [9.17, 15) is 0 Å². The number of rotatable bonds is 3. The number of benzene rings is 2. The van der Waals surface area contributed by atoms with Gasteiger partial charge in [0.2, 0.25) is 11.8 Å². The first-order valence-corrected chi connectivity index (χ1v) is 8.42. The lowest BCUT2D eigenvalue weighted by atomic mass is 10.0. The molecule has 0 radical (unpaired) electrons. The van der Waals surface area contributed by atoms with E-state index >= 15 is 0 Å². The molecule has 4 rings (SSSR count). The molecular weight excluding hydrogens is 300 g/mol. The first-order chi connectivity index (χ1) is 11.8. The first kappa shape index (κ1) is 15.1. The quantitative estimate of drug-likeness (QED) is 0.685. The second-order valence-electron chi connectivity index (χ2n) is 6.25. The van der Waals surface area contributed by atoms with Crippen molar-refractivity contribution in [1.82, 2.24) is 10.2 Å². The molecule has 122 valence electrons. The minimum atomic E-state index is -0.0556. The van der Waals surface area contributed by atoms with Crippen LogP contribution in [0.1, 0.15) is 36.8 Å². The van der Waals surface area contributed by atoms with Gasteiger partial charge in [0.05, 0.1) is 0 Å². The smallest absolute Gasteiger partial charge is 0.247 e. The van der Waals surface area contributed by atoms with Crippen molar-refractivity contribution < 1.29 is 9.15 Å². The summed E-state index contributed by atoms with van der Waals surface area (Å²) in [5.41, 5.74) is 4.51. The van der Waals surface area contributed by atoms with E-state index in [1.807, 2.05) is 12.1 Å². The molecule has 0 amide bonds. The predicted octanol–water partition coefficient (Wildman–Crippen LogP) is 4.95. The fourth-order valence-corrected chi connectivity index (χ4v) is 3.07. The van der Waals surface area contributed by atoms with Crippen molar-refractivity contribution in [1.29, 1.82) is 0 Å². The summed E-state index contributed by atoms with van der Waals surface area (Å²) in [5.74, 6) is 1.14. The van der Waals surface area contributed by atoms with Crippen LogP contribution in [0.15, 0.2) is 52.9 Å². The molecule has 0 bridgehead atoms.